The lowest BCUT2D eigenvalue weighted by atomic mass is 10.1. The van der Waals surface area contributed by atoms with Gasteiger partial charge in [0.05, 0.1) is 18.1 Å². The first kappa shape index (κ1) is 30.4. The third-order valence-electron chi connectivity index (χ3n) is 6.64. The number of halogens is 2. The van der Waals surface area contributed by atoms with Crippen molar-refractivity contribution in [2.75, 3.05) is 32.9 Å². The Labute approximate surface area is 243 Å². The van der Waals surface area contributed by atoms with E-state index < -0.39 is 40.3 Å². The number of morpholine rings is 1. The zero-order chi connectivity index (χ0) is 29.4. The number of amides is 2. The van der Waals surface area contributed by atoms with E-state index in [0.29, 0.717) is 23.8 Å². The van der Waals surface area contributed by atoms with Crippen LogP contribution in [0.4, 0.5) is 4.39 Å². The SMILES string of the molecule is C[C@H](C(=O)NCc1ccccc1Cl)N(Cc1ccc(F)cc1)C(=O)COc1ccc(S(=O)(=O)N2CCOCC2)cc1. The van der Waals surface area contributed by atoms with Crippen molar-refractivity contribution in [3.8, 4) is 5.75 Å². The molecule has 41 heavy (non-hydrogen) atoms. The van der Waals surface area contributed by atoms with Crippen molar-refractivity contribution in [1.82, 2.24) is 14.5 Å². The quantitative estimate of drug-likeness (QED) is 0.359. The van der Waals surface area contributed by atoms with Crippen LogP contribution >= 0.6 is 11.6 Å². The molecule has 1 saturated heterocycles. The van der Waals surface area contributed by atoms with E-state index >= 15 is 0 Å². The summed E-state index contributed by atoms with van der Waals surface area (Å²) in [5.41, 5.74) is 1.36. The number of hydrogen-bond donors (Lipinski definition) is 1. The van der Waals surface area contributed by atoms with Crippen LogP contribution in [0.2, 0.25) is 5.02 Å². The second-order valence-corrected chi connectivity index (χ2v) is 11.8. The number of benzene rings is 3. The standard InChI is InChI=1S/C29H31ClFN3O6S/c1-21(29(36)32-18-23-4-2-3-5-27(23)30)34(19-22-6-8-24(31)9-7-22)28(35)20-40-25-10-12-26(13-11-25)41(37,38)33-14-16-39-17-15-33/h2-13,21H,14-20H2,1H3,(H,32,36)/t21-/m1/s1. The highest BCUT2D eigenvalue weighted by atomic mass is 35.5. The fourth-order valence-electron chi connectivity index (χ4n) is 4.21. The van der Waals surface area contributed by atoms with Crippen molar-refractivity contribution in [2.24, 2.45) is 0 Å². The van der Waals surface area contributed by atoms with Crippen molar-refractivity contribution in [3.63, 3.8) is 0 Å². The summed E-state index contributed by atoms with van der Waals surface area (Å²) < 4.78 is 51.4. The molecule has 2 amide bonds. The van der Waals surface area contributed by atoms with Crippen LogP contribution in [0.3, 0.4) is 0 Å². The van der Waals surface area contributed by atoms with Gasteiger partial charge < -0.3 is 19.7 Å². The van der Waals surface area contributed by atoms with Crippen molar-refractivity contribution in [2.45, 2.75) is 31.0 Å². The van der Waals surface area contributed by atoms with Crippen LogP contribution in [0, 0.1) is 5.82 Å². The van der Waals surface area contributed by atoms with Gasteiger partial charge >= 0.3 is 0 Å². The van der Waals surface area contributed by atoms with E-state index in [4.69, 9.17) is 21.1 Å². The molecule has 0 radical (unpaired) electrons. The van der Waals surface area contributed by atoms with Gasteiger partial charge in [0.25, 0.3) is 5.91 Å². The lowest BCUT2D eigenvalue weighted by Gasteiger charge is -2.29. The highest BCUT2D eigenvalue weighted by Crippen LogP contribution is 2.21. The van der Waals surface area contributed by atoms with E-state index in [9.17, 15) is 22.4 Å². The molecule has 12 heteroatoms. The van der Waals surface area contributed by atoms with E-state index in [1.54, 1.807) is 37.3 Å². The highest BCUT2D eigenvalue weighted by molar-refractivity contribution is 7.89. The van der Waals surface area contributed by atoms with Crippen LogP contribution in [0.15, 0.2) is 77.7 Å². The Morgan fingerprint density at radius 2 is 1.71 bits per heavy atom. The third kappa shape index (κ3) is 8.04. The average molecular weight is 604 g/mol. The van der Waals surface area contributed by atoms with Gasteiger partial charge in [-0.2, -0.15) is 4.31 Å². The fraction of sp³-hybridized carbons (Fsp3) is 0.310. The summed E-state index contributed by atoms with van der Waals surface area (Å²) in [6.45, 7) is 2.65. The van der Waals surface area contributed by atoms with Crippen LogP contribution in [0.25, 0.3) is 0 Å². The number of nitrogens with zero attached hydrogens (tertiary/aromatic N) is 2. The molecular weight excluding hydrogens is 573 g/mol. The number of carbonyl (C=O) groups excluding carboxylic acids is 2. The largest absolute Gasteiger partial charge is 0.484 e. The summed E-state index contributed by atoms with van der Waals surface area (Å²) >= 11 is 6.19. The van der Waals surface area contributed by atoms with Gasteiger partial charge in [-0.15, -0.1) is 0 Å². The zero-order valence-electron chi connectivity index (χ0n) is 22.5. The van der Waals surface area contributed by atoms with Gasteiger partial charge in [-0.1, -0.05) is 41.9 Å². The van der Waals surface area contributed by atoms with E-state index in [1.807, 2.05) is 6.07 Å². The Morgan fingerprint density at radius 3 is 2.37 bits per heavy atom. The molecule has 1 atom stereocenters. The number of nitrogens with one attached hydrogen (secondary N) is 1. The normalized spacial score (nSPS) is 14.7. The molecule has 218 valence electrons. The molecule has 4 rings (SSSR count). The molecule has 0 saturated carbocycles. The molecule has 0 aromatic heterocycles. The Bertz CT molecular complexity index is 1450. The van der Waals surface area contributed by atoms with Gasteiger partial charge in [0, 0.05) is 31.2 Å². The van der Waals surface area contributed by atoms with Crippen molar-refractivity contribution < 1.29 is 31.9 Å². The van der Waals surface area contributed by atoms with Gasteiger partial charge in [-0.3, -0.25) is 9.59 Å². The molecule has 3 aromatic carbocycles. The lowest BCUT2D eigenvalue weighted by Crippen LogP contribution is -2.48. The minimum atomic E-state index is -3.67. The molecule has 1 fully saturated rings. The summed E-state index contributed by atoms with van der Waals surface area (Å²) in [6, 6.07) is 17.7. The monoisotopic (exact) mass is 603 g/mol. The maximum absolute atomic E-state index is 13.5. The number of rotatable bonds is 11. The number of sulfonamides is 1. The minimum absolute atomic E-state index is 0.0416. The number of ether oxygens (including phenoxy) is 2. The molecular formula is C29H31ClFN3O6S. The summed E-state index contributed by atoms with van der Waals surface area (Å²) in [7, 11) is -3.67. The highest BCUT2D eigenvalue weighted by Gasteiger charge is 2.28. The van der Waals surface area contributed by atoms with Crippen LogP contribution in [-0.2, 0) is 37.4 Å². The summed E-state index contributed by atoms with van der Waals surface area (Å²) in [6.07, 6.45) is 0. The minimum Gasteiger partial charge on any atom is -0.484 e. The van der Waals surface area contributed by atoms with Gasteiger partial charge in [0.2, 0.25) is 15.9 Å². The number of hydrogen-bond acceptors (Lipinski definition) is 6. The Kier molecular flexibility index (Phi) is 10.3. The summed E-state index contributed by atoms with van der Waals surface area (Å²) in [5.74, 6) is -1.02. The maximum atomic E-state index is 13.5. The first-order chi connectivity index (χ1) is 19.6. The lowest BCUT2D eigenvalue weighted by molar-refractivity contribution is -0.142. The molecule has 0 spiro atoms. The smallest absolute Gasteiger partial charge is 0.261 e. The van der Waals surface area contributed by atoms with Crippen molar-refractivity contribution in [1.29, 1.82) is 0 Å². The summed E-state index contributed by atoms with van der Waals surface area (Å²) in [4.78, 5) is 27.8. The number of carbonyl (C=O) groups is 2. The summed E-state index contributed by atoms with van der Waals surface area (Å²) in [5, 5.41) is 3.32. The Balaban J connectivity index is 1.42. The molecule has 1 N–H and O–H groups in total. The van der Waals surface area contributed by atoms with Crippen LogP contribution in [0.5, 0.6) is 5.75 Å². The van der Waals surface area contributed by atoms with E-state index in [0.717, 1.165) is 5.56 Å². The van der Waals surface area contributed by atoms with E-state index in [2.05, 4.69) is 5.32 Å². The molecule has 3 aromatic rings. The van der Waals surface area contributed by atoms with Gasteiger partial charge in [-0.25, -0.2) is 12.8 Å². The van der Waals surface area contributed by atoms with E-state index in [1.165, 1.54) is 45.6 Å². The van der Waals surface area contributed by atoms with Crippen LogP contribution < -0.4 is 10.1 Å². The van der Waals surface area contributed by atoms with Gasteiger partial charge in [0.15, 0.2) is 6.61 Å². The molecule has 1 aliphatic rings. The molecule has 9 nitrogen and oxygen atoms in total. The molecule has 0 unspecified atom stereocenters. The topological polar surface area (TPSA) is 105 Å². The maximum Gasteiger partial charge on any atom is 0.261 e. The first-order valence-electron chi connectivity index (χ1n) is 13.0. The fourth-order valence-corrected chi connectivity index (χ4v) is 5.82. The molecule has 0 aliphatic carbocycles. The Morgan fingerprint density at radius 1 is 1.05 bits per heavy atom. The first-order valence-corrected chi connectivity index (χ1v) is 14.8. The third-order valence-corrected chi connectivity index (χ3v) is 8.92. The zero-order valence-corrected chi connectivity index (χ0v) is 24.0. The van der Waals surface area contributed by atoms with E-state index in [-0.39, 0.29) is 36.8 Å². The predicted octanol–water partition coefficient (Wildman–Crippen LogP) is 3.61. The molecule has 1 heterocycles. The van der Waals surface area contributed by atoms with Gasteiger partial charge in [-0.05, 0) is 60.5 Å². The molecule has 0 bridgehead atoms. The second-order valence-electron chi connectivity index (χ2n) is 9.41. The Hall–Kier alpha value is -3.51. The molecule has 1 aliphatic heterocycles. The van der Waals surface area contributed by atoms with Gasteiger partial charge in [0.1, 0.15) is 17.6 Å². The van der Waals surface area contributed by atoms with Crippen LogP contribution in [0.1, 0.15) is 18.1 Å². The van der Waals surface area contributed by atoms with Crippen LogP contribution in [-0.4, -0.2) is 68.4 Å². The van der Waals surface area contributed by atoms with Crippen molar-refractivity contribution in [3.05, 3.63) is 94.8 Å². The second kappa shape index (κ2) is 13.9. The average Bonchev–Trinajstić information content (AvgIpc) is 2.99. The van der Waals surface area contributed by atoms with Crippen molar-refractivity contribution >= 4 is 33.4 Å². The predicted molar refractivity (Wildman–Crippen MR) is 151 cm³/mol.